The van der Waals surface area contributed by atoms with Crippen LogP contribution in [0.25, 0.3) is 88.7 Å². The van der Waals surface area contributed by atoms with Gasteiger partial charge in [0.15, 0.2) is 0 Å². The van der Waals surface area contributed by atoms with Gasteiger partial charge in [-0.15, -0.1) is 0 Å². The summed E-state index contributed by atoms with van der Waals surface area (Å²) in [4.78, 5) is 2.41. The molecule has 2 nitrogen and oxygen atoms in total. The maximum Gasteiger partial charge on any atom is 0.143 e. The predicted molar refractivity (Wildman–Crippen MR) is 313 cm³/mol. The highest BCUT2D eigenvalue weighted by Crippen LogP contribution is 2.56. The monoisotopic (exact) mass is 955 g/mol. The van der Waals surface area contributed by atoms with E-state index in [0.717, 1.165) is 94.6 Å². The number of nitrogens with zero attached hydrogens (tertiary/aromatic N) is 1. The summed E-state index contributed by atoms with van der Waals surface area (Å²) >= 11 is 0. The van der Waals surface area contributed by atoms with Gasteiger partial charge < -0.3 is 9.32 Å². The lowest BCUT2D eigenvalue weighted by Crippen LogP contribution is -2.28. The zero-order chi connectivity index (χ0) is 49.7. The van der Waals surface area contributed by atoms with Crippen molar-refractivity contribution >= 4 is 39.0 Å². The molecule has 0 radical (unpaired) electrons. The van der Waals surface area contributed by atoms with Crippen LogP contribution in [0.4, 0.5) is 17.1 Å². The molecular weight excluding hydrogens is 907 g/mol. The summed E-state index contributed by atoms with van der Waals surface area (Å²) in [7, 11) is 0. The average Bonchev–Trinajstić information content (AvgIpc) is 4.06. The zero-order valence-electron chi connectivity index (χ0n) is 41.1. The molecule has 0 saturated heterocycles. The van der Waals surface area contributed by atoms with Crippen LogP contribution < -0.4 is 4.90 Å². The number of anilines is 3. The Bertz CT molecular complexity index is 4100. The first kappa shape index (κ1) is 44.0. The molecule has 2 heteroatoms. The maximum atomic E-state index is 7.33. The van der Waals surface area contributed by atoms with Gasteiger partial charge in [-0.2, -0.15) is 0 Å². The lowest BCUT2D eigenvalue weighted by molar-refractivity contribution is 0.670. The van der Waals surface area contributed by atoms with Gasteiger partial charge in [-0.3, -0.25) is 0 Å². The van der Waals surface area contributed by atoms with Crippen LogP contribution in [0, 0.1) is 0 Å². The number of furan rings is 1. The second-order valence-corrected chi connectivity index (χ2v) is 19.6. The SMILES string of the molecule is c1ccc(-c2cccc(N(c3cc(-c4ccccc4)cc(-c4ccccc4)c3)c3cc(-c4ccccc4)c4c(c3)oc3c(-c5ccc(C6(c7ccccc7)c7ccccc7-c7ccccc76)cc5)cccc34)c2)cc1. The van der Waals surface area contributed by atoms with Crippen molar-refractivity contribution in [3.63, 3.8) is 0 Å². The van der Waals surface area contributed by atoms with Gasteiger partial charge in [-0.1, -0.05) is 255 Å². The molecule has 1 aliphatic carbocycles. The smallest absolute Gasteiger partial charge is 0.143 e. The molecule has 0 bridgehead atoms. The number of hydrogen-bond donors (Lipinski definition) is 0. The van der Waals surface area contributed by atoms with E-state index in [4.69, 9.17) is 4.42 Å². The lowest BCUT2D eigenvalue weighted by Gasteiger charge is -2.34. The van der Waals surface area contributed by atoms with Crippen molar-refractivity contribution in [1.29, 1.82) is 0 Å². The van der Waals surface area contributed by atoms with Gasteiger partial charge >= 0.3 is 0 Å². The molecule has 1 aliphatic rings. The molecule has 0 spiro atoms. The minimum Gasteiger partial charge on any atom is -0.455 e. The number of benzene rings is 12. The summed E-state index contributed by atoms with van der Waals surface area (Å²) in [5, 5.41) is 2.16. The van der Waals surface area contributed by atoms with Crippen molar-refractivity contribution in [3.8, 4) is 66.8 Å². The van der Waals surface area contributed by atoms with Gasteiger partial charge in [0.2, 0.25) is 0 Å². The standard InChI is InChI=1S/C73H49NO/c1-6-22-50(23-7-1)55-30-20-33-60(45-55)74(61-46-56(51-24-8-2-9-25-51)44-57(47-61)52-26-10-3-11-27-52)62-48-67(53-28-12-4-13-29-53)71-66-37-21-36-63(72(66)75-70(71)49-62)54-40-42-59(43-41-54)73(58-31-14-5-15-32-58)68-38-18-16-34-64(68)65-35-17-19-39-69(65)73/h1-49H. The van der Waals surface area contributed by atoms with E-state index < -0.39 is 5.41 Å². The Morgan fingerprint density at radius 2 is 0.707 bits per heavy atom. The summed E-state index contributed by atoms with van der Waals surface area (Å²) < 4.78 is 7.33. The van der Waals surface area contributed by atoms with Crippen molar-refractivity contribution in [2.24, 2.45) is 0 Å². The van der Waals surface area contributed by atoms with E-state index in [2.05, 4.69) is 302 Å². The molecule has 0 N–H and O–H groups in total. The fourth-order valence-electron chi connectivity index (χ4n) is 12.0. The van der Waals surface area contributed by atoms with Crippen LogP contribution in [0.15, 0.2) is 302 Å². The Morgan fingerprint density at radius 3 is 1.31 bits per heavy atom. The molecule has 0 atom stereocenters. The fraction of sp³-hybridized carbons (Fsp3) is 0.0137. The predicted octanol–water partition coefficient (Wildman–Crippen LogP) is 19.8. The third-order valence-electron chi connectivity index (χ3n) is 15.3. The van der Waals surface area contributed by atoms with Crippen LogP contribution in [0.3, 0.4) is 0 Å². The number of hydrogen-bond acceptors (Lipinski definition) is 2. The summed E-state index contributed by atoms with van der Waals surface area (Å²) in [6, 6.07) is 108. The highest BCUT2D eigenvalue weighted by Gasteiger charge is 2.45. The van der Waals surface area contributed by atoms with Gasteiger partial charge in [-0.25, -0.2) is 0 Å². The van der Waals surface area contributed by atoms with Gasteiger partial charge in [0.25, 0.3) is 0 Å². The largest absolute Gasteiger partial charge is 0.455 e. The van der Waals surface area contributed by atoms with Crippen molar-refractivity contribution in [2.45, 2.75) is 5.41 Å². The molecule has 0 saturated carbocycles. The first-order valence-electron chi connectivity index (χ1n) is 25.8. The average molecular weight is 956 g/mol. The number of fused-ring (bicyclic) bond motifs is 6. The fourth-order valence-corrected chi connectivity index (χ4v) is 12.0. The van der Waals surface area contributed by atoms with Crippen LogP contribution >= 0.6 is 0 Å². The Hall–Kier alpha value is -9.76. The molecular formula is C73H49NO. The van der Waals surface area contributed by atoms with Crippen LogP contribution in [0.2, 0.25) is 0 Å². The van der Waals surface area contributed by atoms with E-state index in [1.165, 1.54) is 33.4 Å². The summed E-state index contributed by atoms with van der Waals surface area (Å²) in [6.07, 6.45) is 0. The van der Waals surface area contributed by atoms with Crippen molar-refractivity contribution in [2.75, 3.05) is 4.90 Å². The zero-order valence-corrected chi connectivity index (χ0v) is 41.1. The van der Waals surface area contributed by atoms with Crippen LogP contribution in [-0.4, -0.2) is 0 Å². The lowest BCUT2D eigenvalue weighted by atomic mass is 9.67. The van der Waals surface area contributed by atoms with Gasteiger partial charge in [0, 0.05) is 33.8 Å². The van der Waals surface area contributed by atoms with Crippen LogP contribution in [0.1, 0.15) is 22.3 Å². The molecule has 75 heavy (non-hydrogen) atoms. The van der Waals surface area contributed by atoms with Crippen LogP contribution in [0.5, 0.6) is 0 Å². The minimum atomic E-state index is -0.478. The second kappa shape index (κ2) is 18.4. The summed E-state index contributed by atoms with van der Waals surface area (Å²) in [5.74, 6) is 0. The minimum absolute atomic E-state index is 0.478. The molecule has 352 valence electrons. The van der Waals surface area contributed by atoms with E-state index in [9.17, 15) is 0 Å². The quantitative estimate of drug-likeness (QED) is 0.136. The Morgan fingerprint density at radius 1 is 0.267 bits per heavy atom. The highest BCUT2D eigenvalue weighted by atomic mass is 16.3. The first-order valence-corrected chi connectivity index (χ1v) is 25.8. The van der Waals surface area contributed by atoms with Crippen molar-refractivity contribution < 1.29 is 4.42 Å². The number of rotatable bonds is 10. The topological polar surface area (TPSA) is 16.4 Å². The van der Waals surface area contributed by atoms with Crippen LogP contribution in [-0.2, 0) is 5.41 Å². The first-order chi connectivity index (χ1) is 37.2. The van der Waals surface area contributed by atoms with E-state index in [1.54, 1.807) is 0 Å². The maximum absolute atomic E-state index is 7.33. The molecule has 12 aromatic carbocycles. The number of para-hydroxylation sites is 1. The van der Waals surface area contributed by atoms with Gasteiger partial charge in [0.05, 0.1) is 11.1 Å². The van der Waals surface area contributed by atoms with Crippen molar-refractivity contribution in [1.82, 2.24) is 0 Å². The Labute approximate surface area is 437 Å². The second-order valence-electron chi connectivity index (χ2n) is 19.6. The third kappa shape index (κ3) is 7.49. The molecule has 13 aromatic rings. The molecule has 1 heterocycles. The van der Waals surface area contributed by atoms with E-state index in [0.29, 0.717) is 0 Å². The van der Waals surface area contributed by atoms with Crippen molar-refractivity contribution in [3.05, 3.63) is 320 Å². The molecule has 0 aliphatic heterocycles. The highest BCUT2D eigenvalue weighted by molar-refractivity contribution is 6.16. The molecule has 0 unspecified atom stereocenters. The normalized spacial score (nSPS) is 12.4. The van der Waals surface area contributed by atoms with E-state index in [1.807, 2.05) is 0 Å². The van der Waals surface area contributed by atoms with E-state index >= 15 is 0 Å². The molecule has 0 fully saturated rings. The summed E-state index contributed by atoms with van der Waals surface area (Å²) in [6.45, 7) is 0. The van der Waals surface area contributed by atoms with Gasteiger partial charge in [0.1, 0.15) is 11.2 Å². The molecule has 14 rings (SSSR count). The third-order valence-corrected chi connectivity index (χ3v) is 15.3. The van der Waals surface area contributed by atoms with E-state index in [-0.39, 0.29) is 0 Å². The molecule has 1 aromatic heterocycles. The molecule has 0 amide bonds. The Balaban J connectivity index is 0.975. The Kier molecular flexibility index (Phi) is 10.8. The summed E-state index contributed by atoms with van der Waals surface area (Å²) in [5.41, 5.74) is 23.2. The van der Waals surface area contributed by atoms with Gasteiger partial charge in [-0.05, 0) is 120 Å².